The largest absolute Gasteiger partial charge is 0.353 e. The number of nitrogens with zero attached hydrogens (tertiary/aromatic N) is 2. The number of rotatable bonds is 3. The van der Waals surface area contributed by atoms with E-state index in [0.29, 0.717) is 18.7 Å². The summed E-state index contributed by atoms with van der Waals surface area (Å²) in [5.74, 6) is -0.234. The molecule has 2 aromatic carbocycles. The summed E-state index contributed by atoms with van der Waals surface area (Å²) in [7, 11) is 0. The molecule has 0 aliphatic carbocycles. The molecule has 1 aliphatic heterocycles. The summed E-state index contributed by atoms with van der Waals surface area (Å²) >= 11 is 0. The van der Waals surface area contributed by atoms with E-state index in [1.165, 1.54) is 0 Å². The van der Waals surface area contributed by atoms with E-state index < -0.39 is 0 Å². The van der Waals surface area contributed by atoms with Gasteiger partial charge in [0.25, 0.3) is 5.91 Å². The van der Waals surface area contributed by atoms with Crippen LogP contribution in [0.1, 0.15) is 10.4 Å². The Morgan fingerprint density at radius 1 is 0.962 bits per heavy atom. The number of piperazine rings is 1. The van der Waals surface area contributed by atoms with Crippen LogP contribution in [0.3, 0.4) is 0 Å². The Morgan fingerprint density at radius 2 is 1.65 bits per heavy atom. The molecular formula is C21H19N3O2. The molecule has 4 rings (SSSR count). The molecule has 0 unspecified atom stereocenters. The number of carbonyl (C=O) groups is 2. The Balaban J connectivity index is 1.76. The fourth-order valence-electron chi connectivity index (χ4n) is 3.21. The van der Waals surface area contributed by atoms with E-state index in [-0.39, 0.29) is 18.4 Å². The average Bonchev–Trinajstić information content (AvgIpc) is 3.14. The third-order valence-corrected chi connectivity index (χ3v) is 4.50. The van der Waals surface area contributed by atoms with Gasteiger partial charge in [-0.1, -0.05) is 48.5 Å². The molecule has 2 heterocycles. The number of hydrogen-bond acceptors (Lipinski definition) is 2. The minimum absolute atomic E-state index is 0.107. The van der Waals surface area contributed by atoms with Gasteiger partial charge in [0.15, 0.2) is 0 Å². The van der Waals surface area contributed by atoms with E-state index in [0.717, 1.165) is 16.9 Å². The summed E-state index contributed by atoms with van der Waals surface area (Å²) in [5.41, 5.74) is 3.55. The minimum Gasteiger partial charge on any atom is -0.353 e. The number of amides is 2. The average molecular weight is 345 g/mol. The van der Waals surface area contributed by atoms with Crippen LogP contribution < -0.4 is 5.32 Å². The molecule has 26 heavy (non-hydrogen) atoms. The smallest absolute Gasteiger partial charge is 0.255 e. The molecule has 0 radical (unpaired) electrons. The second-order valence-corrected chi connectivity index (χ2v) is 6.26. The second kappa shape index (κ2) is 6.88. The van der Waals surface area contributed by atoms with Crippen molar-refractivity contribution >= 4 is 11.8 Å². The van der Waals surface area contributed by atoms with E-state index in [2.05, 4.69) is 5.32 Å². The third-order valence-electron chi connectivity index (χ3n) is 4.50. The van der Waals surface area contributed by atoms with Gasteiger partial charge in [0, 0.05) is 25.0 Å². The lowest BCUT2D eigenvalue weighted by molar-refractivity contribution is -0.123. The molecule has 0 saturated carbocycles. The molecule has 1 N–H and O–H groups in total. The Hall–Kier alpha value is -3.34. The van der Waals surface area contributed by atoms with E-state index in [4.69, 9.17) is 0 Å². The highest BCUT2D eigenvalue weighted by Crippen LogP contribution is 2.26. The summed E-state index contributed by atoms with van der Waals surface area (Å²) in [4.78, 5) is 26.1. The molecule has 1 aliphatic rings. The molecule has 1 aromatic heterocycles. The Bertz CT molecular complexity index is 875. The molecule has 5 heteroatoms. The minimum atomic E-state index is -0.119. The highest BCUT2D eigenvalue weighted by Gasteiger charge is 2.24. The number of benzene rings is 2. The fourth-order valence-corrected chi connectivity index (χ4v) is 3.21. The maximum atomic E-state index is 12.9. The van der Waals surface area contributed by atoms with Crippen molar-refractivity contribution in [1.29, 1.82) is 0 Å². The number of aromatic nitrogens is 1. The molecule has 0 atom stereocenters. The zero-order valence-corrected chi connectivity index (χ0v) is 14.3. The van der Waals surface area contributed by atoms with Crippen LogP contribution in [-0.2, 0) is 4.79 Å². The van der Waals surface area contributed by atoms with Gasteiger partial charge in [-0.05, 0) is 23.8 Å². The van der Waals surface area contributed by atoms with E-state index in [1.54, 1.807) is 4.90 Å². The molecule has 2 amide bonds. The van der Waals surface area contributed by atoms with Crippen LogP contribution >= 0.6 is 0 Å². The van der Waals surface area contributed by atoms with Gasteiger partial charge in [-0.2, -0.15) is 0 Å². The maximum absolute atomic E-state index is 12.9. The lowest BCUT2D eigenvalue weighted by Crippen LogP contribution is -2.49. The molecule has 1 fully saturated rings. The van der Waals surface area contributed by atoms with Crippen LogP contribution in [0, 0.1) is 0 Å². The molecule has 130 valence electrons. The summed E-state index contributed by atoms with van der Waals surface area (Å²) in [6.07, 6.45) is 1.85. The van der Waals surface area contributed by atoms with Gasteiger partial charge in [0.1, 0.15) is 0 Å². The zero-order chi connectivity index (χ0) is 17.9. The van der Waals surface area contributed by atoms with Crippen LogP contribution in [0.4, 0.5) is 0 Å². The maximum Gasteiger partial charge on any atom is 0.255 e. The van der Waals surface area contributed by atoms with Crippen LogP contribution in [0.15, 0.2) is 72.9 Å². The van der Waals surface area contributed by atoms with Crippen LogP contribution in [0.5, 0.6) is 0 Å². The first-order valence-electron chi connectivity index (χ1n) is 8.61. The number of nitrogens with one attached hydrogen (secondary N) is 1. The Labute approximate surface area is 151 Å². The number of para-hydroxylation sites is 1. The van der Waals surface area contributed by atoms with Crippen molar-refractivity contribution < 1.29 is 9.59 Å². The van der Waals surface area contributed by atoms with Crippen molar-refractivity contribution in [3.63, 3.8) is 0 Å². The summed E-state index contributed by atoms with van der Waals surface area (Å²) in [6, 6.07) is 21.8. The number of hydrogen-bond donors (Lipinski definition) is 1. The topological polar surface area (TPSA) is 54.3 Å². The number of carbonyl (C=O) groups excluding carboxylic acids is 2. The van der Waals surface area contributed by atoms with Crippen molar-refractivity contribution in [2.24, 2.45) is 0 Å². The van der Waals surface area contributed by atoms with Crippen LogP contribution in [-0.4, -0.2) is 40.9 Å². The third kappa shape index (κ3) is 3.11. The normalized spacial score (nSPS) is 14.2. The lowest BCUT2D eigenvalue weighted by Gasteiger charge is -2.26. The lowest BCUT2D eigenvalue weighted by atomic mass is 10.1. The van der Waals surface area contributed by atoms with Crippen LogP contribution in [0.2, 0.25) is 0 Å². The summed E-state index contributed by atoms with van der Waals surface area (Å²) < 4.78 is 2.02. The Morgan fingerprint density at radius 3 is 2.35 bits per heavy atom. The SMILES string of the molecule is O=C1CN(C(=O)c2cc(-c3ccccc3)n(-c3ccccc3)c2)CCN1. The van der Waals surface area contributed by atoms with E-state index in [1.807, 2.05) is 77.5 Å². The first kappa shape index (κ1) is 16.1. The monoisotopic (exact) mass is 345 g/mol. The zero-order valence-electron chi connectivity index (χ0n) is 14.3. The van der Waals surface area contributed by atoms with E-state index >= 15 is 0 Å². The van der Waals surface area contributed by atoms with Gasteiger partial charge in [0.2, 0.25) is 5.91 Å². The predicted molar refractivity (Wildman–Crippen MR) is 100 cm³/mol. The highest BCUT2D eigenvalue weighted by molar-refractivity contribution is 5.98. The van der Waals surface area contributed by atoms with Crippen molar-refractivity contribution in [1.82, 2.24) is 14.8 Å². The van der Waals surface area contributed by atoms with Crippen molar-refractivity contribution in [2.45, 2.75) is 0 Å². The fraction of sp³-hybridized carbons (Fsp3) is 0.143. The second-order valence-electron chi connectivity index (χ2n) is 6.26. The van der Waals surface area contributed by atoms with Crippen molar-refractivity contribution in [2.75, 3.05) is 19.6 Å². The Kier molecular flexibility index (Phi) is 4.27. The first-order chi connectivity index (χ1) is 12.7. The first-order valence-corrected chi connectivity index (χ1v) is 8.61. The van der Waals surface area contributed by atoms with Gasteiger partial charge in [-0.15, -0.1) is 0 Å². The van der Waals surface area contributed by atoms with Gasteiger partial charge >= 0.3 is 0 Å². The standard InChI is InChI=1S/C21H19N3O2/c25-20-15-23(12-11-22-20)21(26)17-13-19(16-7-3-1-4-8-16)24(14-17)18-9-5-2-6-10-18/h1-10,13-14H,11-12,15H2,(H,22,25). The summed E-state index contributed by atoms with van der Waals surface area (Å²) in [5, 5.41) is 2.75. The quantitative estimate of drug-likeness (QED) is 0.793. The van der Waals surface area contributed by atoms with E-state index in [9.17, 15) is 9.59 Å². The molecule has 0 spiro atoms. The van der Waals surface area contributed by atoms with Crippen molar-refractivity contribution in [3.05, 3.63) is 78.5 Å². The molecule has 5 nitrogen and oxygen atoms in total. The van der Waals surface area contributed by atoms with Gasteiger partial charge < -0.3 is 14.8 Å². The summed E-state index contributed by atoms with van der Waals surface area (Å²) in [6.45, 7) is 1.13. The molecule has 3 aromatic rings. The predicted octanol–water partition coefficient (Wildman–Crippen LogP) is 2.72. The van der Waals surface area contributed by atoms with Gasteiger partial charge in [-0.3, -0.25) is 9.59 Å². The van der Waals surface area contributed by atoms with Crippen LogP contribution in [0.25, 0.3) is 16.9 Å². The van der Waals surface area contributed by atoms with Gasteiger partial charge in [0.05, 0.1) is 17.8 Å². The van der Waals surface area contributed by atoms with Crippen molar-refractivity contribution in [3.8, 4) is 16.9 Å². The molecular weight excluding hydrogens is 326 g/mol. The van der Waals surface area contributed by atoms with Gasteiger partial charge in [-0.25, -0.2) is 0 Å². The molecule has 0 bridgehead atoms. The highest BCUT2D eigenvalue weighted by atomic mass is 16.2. The molecule has 1 saturated heterocycles.